The van der Waals surface area contributed by atoms with Gasteiger partial charge in [-0.2, -0.15) is 0 Å². The van der Waals surface area contributed by atoms with Gasteiger partial charge < -0.3 is 4.90 Å². The van der Waals surface area contributed by atoms with Crippen LogP contribution in [0.25, 0.3) is 0 Å². The molecule has 0 radical (unpaired) electrons. The van der Waals surface area contributed by atoms with Gasteiger partial charge in [0.2, 0.25) is 5.91 Å². The first kappa shape index (κ1) is 15.8. The van der Waals surface area contributed by atoms with Gasteiger partial charge in [-0.15, -0.1) is 0 Å². The molecule has 1 aromatic carbocycles. The molecule has 0 N–H and O–H groups in total. The second-order valence-electron chi connectivity index (χ2n) is 6.56. The van der Waals surface area contributed by atoms with Gasteiger partial charge in [-0.3, -0.25) is 9.69 Å². The molecule has 3 rings (SSSR count). The minimum atomic E-state index is 0.308. The van der Waals surface area contributed by atoms with Crippen LogP contribution >= 0.6 is 11.6 Å². The molecule has 1 saturated carbocycles. The summed E-state index contributed by atoms with van der Waals surface area (Å²) in [6.07, 6.45) is 7.29. The van der Waals surface area contributed by atoms with Gasteiger partial charge in [-0.05, 0) is 43.4 Å². The van der Waals surface area contributed by atoms with Gasteiger partial charge in [0.1, 0.15) is 0 Å². The maximum Gasteiger partial charge on any atom is 0.236 e. The van der Waals surface area contributed by atoms with Crippen molar-refractivity contribution in [1.29, 1.82) is 0 Å². The lowest BCUT2D eigenvalue weighted by molar-refractivity contribution is -0.132. The third-order valence-corrected chi connectivity index (χ3v) is 4.91. The Bertz CT molecular complexity index is 490. The summed E-state index contributed by atoms with van der Waals surface area (Å²) in [4.78, 5) is 17.0. The molecular weight excluding hydrogens is 296 g/mol. The van der Waals surface area contributed by atoms with Gasteiger partial charge in [-0.1, -0.05) is 36.6 Å². The Morgan fingerprint density at radius 1 is 1.09 bits per heavy atom. The van der Waals surface area contributed by atoms with Crippen molar-refractivity contribution in [2.75, 3.05) is 19.6 Å². The fourth-order valence-electron chi connectivity index (χ4n) is 3.17. The van der Waals surface area contributed by atoms with Gasteiger partial charge in [0.15, 0.2) is 0 Å². The van der Waals surface area contributed by atoms with E-state index in [1.54, 1.807) is 0 Å². The summed E-state index contributed by atoms with van der Waals surface area (Å²) in [6, 6.07) is 8.57. The van der Waals surface area contributed by atoms with Crippen molar-refractivity contribution < 1.29 is 4.79 Å². The molecule has 0 spiro atoms. The van der Waals surface area contributed by atoms with E-state index >= 15 is 0 Å². The summed E-state index contributed by atoms with van der Waals surface area (Å²) < 4.78 is 0. The molecule has 0 atom stereocenters. The predicted octanol–water partition coefficient (Wildman–Crippen LogP) is 3.71. The third-order valence-electron chi connectivity index (χ3n) is 4.66. The molecule has 3 nitrogen and oxygen atoms in total. The van der Waals surface area contributed by atoms with E-state index < -0.39 is 0 Å². The molecule has 2 fully saturated rings. The Morgan fingerprint density at radius 2 is 1.73 bits per heavy atom. The van der Waals surface area contributed by atoms with Crippen LogP contribution in [-0.2, 0) is 11.3 Å². The topological polar surface area (TPSA) is 23.6 Å². The number of amides is 1. The molecule has 1 heterocycles. The van der Waals surface area contributed by atoms with Crippen LogP contribution in [0, 0.1) is 0 Å². The van der Waals surface area contributed by atoms with E-state index in [1.165, 1.54) is 31.2 Å². The highest BCUT2D eigenvalue weighted by molar-refractivity contribution is 6.30. The zero-order chi connectivity index (χ0) is 15.4. The first-order valence-electron chi connectivity index (χ1n) is 8.48. The van der Waals surface area contributed by atoms with E-state index in [0.717, 1.165) is 37.5 Å². The van der Waals surface area contributed by atoms with Crippen molar-refractivity contribution in [2.45, 2.75) is 51.1 Å². The lowest BCUT2D eigenvalue weighted by Crippen LogP contribution is -2.41. The number of hydrogen-bond acceptors (Lipinski definition) is 2. The Morgan fingerprint density at radius 3 is 2.32 bits per heavy atom. The van der Waals surface area contributed by atoms with E-state index in [9.17, 15) is 4.79 Å². The van der Waals surface area contributed by atoms with Crippen LogP contribution in [0.2, 0.25) is 5.02 Å². The zero-order valence-electron chi connectivity index (χ0n) is 13.1. The standard InChI is InChI=1S/C18H25ClN2O/c19-16-7-5-15(6-8-16)13-21(17-9-10-17)14-18(22)20-11-3-1-2-4-12-20/h5-8,17H,1-4,9-14H2. The molecule has 0 unspecified atom stereocenters. The first-order valence-corrected chi connectivity index (χ1v) is 8.86. The summed E-state index contributed by atoms with van der Waals surface area (Å²) in [5.74, 6) is 0.308. The summed E-state index contributed by atoms with van der Waals surface area (Å²) in [6.45, 7) is 3.30. The molecule has 0 bridgehead atoms. The third kappa shape index (κ3) is 4.47. The van der Waals surface area contributed by atoms with Crippen molar-refractivity contribution in [3.8, 4) is 0 Å². The number of hydrogen-bond donors (Lipinski definition) is 0. The Labute approximate surface area is 138 Å². The van der Waals surface area contributed by atoms with Crippen LogP contribution in [0.4, 0.5) is 0 Å². The number of likely N-dealkylation sites (tertiary alicyclic amines) is 1. The fourth-order valence-corrected chi connectivity index (χ4v) is 3.30. The Balaban J connectivity index is 1.59. The Hall–Kier alpha value is -1.06. The van der Waals surface area contributed by atoms with Crippen LogP contribution in [0.5, 0.6) is 0 Å². The number of halogens is 1. The van der Waals surface area contributed by atoms with Crippen molar-refractivity contribution in [3.63, 3.8) is 0 Å². The van der Waals surface area contributed by atoms with Gasteiger partial charge in [0.25, 0.3) is 0 Å². The fraction of sp³-hybridized carbons (Fsp3) is 0.611. The van der Waals surface area contributed by atoms with E-state index in [1.807, 2.05) is 12.1 Å². The molecular formula is C18H25ClN2O. The highest BCUT2D eigenvalue weighted by Gasteiger charge is 2.31. The number of benzene rings is 1. The van der Waals surface area contributed by atoms with E-state index in [-0.39, 0.29) is 0 Å². The van der Waals surface area contributed by atoms with Gasteiger partial charge in [0.05, 0.1) is 6.54 Å². The normalized spacial score (nSPS) is 19.3. The molecule has 120 valence electrons. The second-order valence-corrected chi connectivity index (χ2v) is 6.99. The average molecular weight is 321 g/mol. The molecule has 1 saturated heterocycles. The summed E-state index contributed by atoms with van der Waals surface area (Å²) in [5.41, 5.74) is 1.24. The van der Waals surface area contributed by atoms with Crippen LogP contribution in [0.15, 0.2) is 24.3 Å². The van der Waals surface area contributed by atoms with Gasteiger partial charge >= 0.3 is 0 Å². The smallest absolute Gasteiger partial charge is 0.236 e. The molecule has 1 aromatic rings. The van der Waals surface area contributed by atoms with Crippen molar-refractivity contribution >= 4 is 17.5 Å². The van der Waals surface area contributed by atoms with Crippen LogP contribution < -0.4 is 0 Å². The van der Waals surface area contributed by atoms with Crippen molar-refractivity contribution in [1.82, 2.24) is 9.80 Å². The Kier molecular flexibility index (Phi) is 5.37. The maximum atomic E-state index is 12.6. The first-order chi connectivity index (χ1) is 10.7. The number of carbonyl (C=O) groups is 1. The SMILES string of the molecule is O=C(CN(Cc1ccc(Cl)cc1)C1CC1)N1CCCCCC1. The number of rotatable bonds is 5. The molecule has 22 heavy (non-hydrogen) atoms. The number of carbonyl (C=O) groups excluding carboxylic acids is 1. The quantitative estimate of drug-likeness (QED) is 0.825. The van der Waals surface area contributed by atoms with Gasteiger partial charge in [-0.25, -0.2) is 0 Å². The predicted molar refractivity (Wildman–Crippen MR) is 89.9 cm³/mol. The molecule has 4 heteroatoms. The minimum absolute atomic E-state index is 0.308. The average Bonchev–Trinajstić information content (AvgIpc) is 3.35. The lowest BCUT2D eigenvalue weighted by Gasteiger charge is -2.26. The van der Waals surface area contributed by atoms with Crippen LogP contribution in [-0.4, -0.2) is 41.4 Å². The monoisotopic (exact) mass is 320 g/mol. The molecule has 1 aliphatic carbocycles. The molecule has 1 amide bonds. The lowest BCUT2D eigenvalue weighted by atomic mass is 10.2. The molecule has 0 aromatic heterocycles. The highest BCUT2D eigenvalue weighted by Crippen LogP contribution is 2.28. The van der Waals surface area contributed by atoms with Crippen molar-refractivity contribution in [3.05, 3.63) is 34.9 Å². The summed E-state index contributed by atoms with van der Waals surface area (Å²) in [5, 5.41) is 0.766. The summed E-state index contributed by atoms with van der Waals surface area (Å²) >= 11 is 5.95. The maximum absolute atomic E-state index is 12.6. The second kappa shape index (κ2) is 7.47. The largest absolute Gasteiger partial charge is 0.342 e. The van der Waals surface area contributed by atoms with Crippen LogP contribution in [0.3, 0.4) is 0 Å². The van der Waals surface area contributed by atoms with E-state index in [2.05, 4.69) is 21.9 Å². The number of nitrogens with zero attached hydrogens (tertiary/aromatic N) is 2. The molecule has 1 aliphatic heterocycles. The van der Waals surface area contributed by atoms with Crippen LogP contribution in [0.1, 0.15) is 44.1 Å². The van der Waals surface area contributed by atoms with Gasteiger partial charge in [0, 0.05) is 30.7 Å². The van der Waals surface area contributed by atoms with E-state index in [0.29, 0.717) is 18.5 Å². The zero-order valence-corrected chi connectivity index (χ0v) is 13.9. The van der Waals surface area contributed by atoms with E-state index in [4.69, 9.17) is 11.6 Å². The highest BCUT2D eigenvalue weighted by atomic mass is 35.5. The minimum Gasteiger partial charge on any atom is -0.342 e. The van der Waals surface area contributed by atoms with Crippen molar-refractivity contribution in [2.24, 2.45) is 0 Å². The molecule has 2 aliphatic rings. The summed E-state index contributed by atoms with van der Waals surface area (Å²) in [7, 11) is 0.